The maximum Gasteiger partial charge on any atom is 0.242 e. The molecule has 1 aromatic rings. The third kappa shape index (κ3) is 4.35. The summed E-state index contributed by atoms with van der Waals surface area (Å²) >= 11 is 0. The van der Waals surface area contributed by atoms with E-state index in [1.54, 1.807) is 0 Å². The van der Waals surface area contributed by atoms with Crippen molar-refractivity contribution in [2.75, 3.05) is 47.9 Å². The zero-order chi connectivity index (χ0) is 17.7. The van der Waals surface area contributed by atoms with Crippen LogP contribution in [0.3, 0.4) is 0 Å². The quantitative estimate of drug-likeness (QED) is 0.863. The van der Waals surface area contributed by atoms with Crippen LogP contribution in [0, 0.1) is 6.92 Å². The first-order valence-electron chi connectivity index (χ1n) is 8.62. The summed E-state index contributed by atoms with van der Waals surface area (Å²) in [5.74, 6) is 0.0540. The Balaban J connectivity index is 2.10. The van der Waals surface area contributed by atoms with Crippen molar-refractivity contribution in [2.45, 2.75) is 31.3 Å². The third-order valence-electron chi connectivity index (χ3n) is 5.09. The van der Waals surface area contributed by atoms with Crippen LogP contribution in [0.15, 0.2) is 24.3 Å². The van der Waals surface area contributed by atoms with Crippen LogP contribution >= 0.6 is 0 Å². The predicted molar refractivity (Wildman–Crippen MR) is 97.1 cm³/mol. The Bertz CT molecular complexity index is 551. The van der Waals surface area contributed by atoms with E-state index in [1.165, 1.54) is 5.56 Å². The molecule has 1 aromatic carbocycles. The Hall–Kier alpha value is -1.43. The number of carbonyl (C=O) groups excluding carboxylic acids is 1. The summed E-state index contributed by atoms with van der Waals surface area (Å²) in [6, 6.07) is 7.89. The van der Waals surface area contributed by atoms with Crippen LogP contribution in [-0.4, -0.2) is 69.2 Å². The highest BCUT2D eigenvalue weighted by molar-refractivity contribution is 5.83. The summed E-state index contributed by atoms with van der Waals surface area (Å²) in [5, 5.41) is 3.20. The van der Waals surface area contributed by atoms with Crippen molar-refractivity contribution in [1.82, 2.24) is 15.1 Å². The Morgan fingerprint density at radius 2 is 1.92 bits per heavy atom. The average molecular weight is 333 g/mol. The molecule has 1 N–H and O–H groups in total. The van der Waals surface area contributed by atoms with E-state index in [-0.39, 0.29) is 17.5 Å². The predicted octanol–water partition coefficient (Wildman–Crippen LogP) is 1.82. The number of carbonyl (C=O) groups is 1. The molecule has 0 saturated carbocycles. The van der Waals surface area contributed by atoms with Gasteiger partial charge < -0.3 is 15.0 Å². The molecule has 0 aromatic heterocycles. The molecule has 0 aliphatic carbocycles. The Morgan fingerprint density at radius 1 is 1.25 bits per heavy atom. The van der Waals surface area contributed by atoms with Crippen molar-refractivity contribution >= 4 is 5.91 Å². The molecular weight excluding hydrogens is 302 g/mol. The zero-order valence-corrected chi connectivity index (χ0v) is 15.6. The maximum absolute atomic E-state index is 12.9. The molecule has 1 fully saturated rings. The van der Waals surface area contributed by atoms with Gasteiger partial charge in [0.2, 0.25) is 5.91 Å². The molecule has 5 nitrogen and oxygen atoms in total. The van der Waals surface area contributed by atoms with E-state index in [2.05, 4.69) is 43.4 Å². The molecule has 0 spiro atoms. The number of rotatable bonds is 6. The molecule has 5 heteroatoms. The number of hydrogen-bond donors (Lipinski definition) is 1. The Morgan fingerprint density at radius 3 is 2.46 bits per heavy atom. The van der Waals surface area contributed by atoms with Gasteiger partial charge in [0.15, 0.2) is 0 Å². The van der Waals surface area contributed by atoms with E-state index >= 15 is 0 Å². The lowest BCUT2D eigenvalue weighted by Gasteiger charge is -2.43. The average Bonchev–Trinajstić information content (AvgIpc) is 2.53. The van der Waals surface area contributed by atoms with Crippen molar-refractivity contribution < 1.29 is 9.53 Å². The first-order valence-corrected chi connectivity index (χ1v) is 8.62. The fraction of sp³-hybridized carbons (Fsp3) is 0.632. The first kappa shape index (κ1) is 18.9. The van der Waals surface area contributed by atoms with Crippen LogP contribution in [-0.2, 0) is 9.53 Å². The lowest BCUT2D eigenvalue weighted by Crippen LogP contribution is -2.56. The Kier molecular flexibility index (Phi) is 6.38. The monoisotopic (exact) mass is 333 g/mol. The molecule has 1 atom stereocenters. The largest absolute Gasteiger partial charge is 0.381 e. The van der Waals surface area contributed by atoms with Gasteiger partial charge in [0.25, 0.3) is 0 Å². The number of benzene rings is 1. The topological polar surface area (TPSA) is 44.8 Å². The maximum atomic E-state index is 12.9. The second-order valence-corrected chi connectivity index (χ2v) is 7.23. The SMILES string of the molecule is Cc1cccc([C@@H](C(=O)NCC2(N(C)C)CCOCC2)N(C)C)c1. The minimum absolute atomic E-state index is 0.0165. The summed E-state index contributed by atoms with van der Waals surface area (Å²) in [4.78, 5) is 17.1. The summed E-state index contributed by atoms with van der Waals surface area (Å²) in [7, 11) is 8.06. The van der Waals surface area contributed by atoms with Crippen molar-refractivity contribution in [3.8, 4) is 0 Å². The van der Waals surface area contributed by atoms with Crippen molar-refractivity contribution in [2.24, 2.45) is 0 Å². The minimum Gasteiger partial charge on any atom is -0.381 e. The number of aryl methyl sites for hydroxylation is 1. The van der Waals surface area contributed by atoms with E-state index in [0.29, 0.717) is 6.54 Å². The fourth-order valence-electron chi connectivity index (χ4n) is 3.41. The second-order valence-electron chi connectivity index (χ2n) is 7.23. The number of nitrogens with zero attached hydrogens (tertiary/aromatic N) is 2. The van der Waals surface area contributed by atoms with Crippen molar-refractivity contribution in [1.29, 1.82) is 0 Å². The van der Waals surface area contributed by atoms with Gasteiger partial charge in [-0.2, -0.15) is 0 Å². The summed E-state index contributed by atoms with van der Waals surface area (Å²) in [5.41, 5.74) is 2.18. The number of likely N-dealkylation sites (N-methyl/N-ethyl adjacent to an activating group) is 2. The second kappa shape index (κ2) is 8.10. The molecule has 0 bridgehead atoms. The van der Waals surface area contributed by atoms with Crippen LogP contribution in [0.4, 0.5) is 0 Å². The fourth-order valence-corrected chi connectivity index (χ4v) is 3.41. The van der Waals surface area contributed by atoms with E-state index in [9.17, 15) is 4.79 Å². The summed E-state index contributed by atoms with van der Waals surface area (Å²) in [6.07, 6.45) is 1.88. The molecular formula is C19H31N3O2. The highest BCUT2D eigenvalue weighted by Gasteiger charge is 2.36. The highest BCUT2D eigenvalue weighted by Crippen LogP contribution is 2.26. The first-order chi connectivity index (χ1) is 11.4. The molecule has 134 valence electrons. The molecule has 1 saturated heterocycles. The summed E-state index contributed by atoms with van der Waals surface area (Å²) < 4.78 is 5.50. The number of nitrogens with one attached hydrogen (secondary N) is 1. The smallest absolute Gasteiger partial charge is 0.242 e. The van der Waals surface area contributed by atoms with Gasteiger partial charge in [-0.3, -0.25) is 9.69 Å². The van der Waals surface area contributed by atoms with Crippen LogP contribution < -0.4 is 5.32 Å². The van der Waals surface area contributed by atoms with Gasteiger partial charge in [-0.05, 0) is 53.5 Å². The van der Waals surface area contributed by atoms with Gasteiger partial charge in [-0.1, -0.05) is 29.8 Å². The molecule has 1 amide bonds. The molecule has 24 heavy (non-hydrogen) atoms. The summed E-state index contributed by atoms with van der Waals surface area (Å²) in [6.45, 7) is 4.21. The number of hydrogen-bond acceptors (Lipinski definition) is 4. The van der Waals surface area contributed by atoms with Crippen LogP contribution in [0.1, 0.15) is 30.0 Å². The van der Waals surface area contributed by atoms with Gasteiger partial charge in [-0.25, -0.2) is 0 Å². The lowest BCUT2D eigenvalue weighted by molar-refractivity contribution is -0.126. The highest BCUT2D eigenvalue weighted by atomic mass is 16.5. The van der Waals surface area contributed by atoms with Gasteiger partial charge in [-0.15, -0.1) is 0 Å². The lowest BCUT2D eigenvalue weighted by atomic mass is 9.88. The van der Waals surface area contributed by atoms with Gasteiger partial charge >= 0.3 is 0 Å². The number of amides is 1. The van der Waals surface area contributed by atoms with Gasteiger partial charge in [0, 0.05) is 25.3 Å². The zero-order valence-electron chi connectivity index (χ0n) is 15.6. The molecule has 0 unspecified atom stereocenters. The third-order valence-corrected chi connectivity index (χ3v) is 5.09. The minimum atomic E-state index is -0.274. The van der Waals surface area contributed by atoms with Gasteiger partial charge in [0.05, 0.1) is 0 Å². The Labute approximate surface area is 146 Å². The normalized spacial score (nSPS) is 18.6. The van der Waals surface area contributed by atoms with E-state index in [1.807, 2.05) is 31.1 Å². The van der Waals surface area contributed by atoms with E-state index < -0.39 is 0 Å². The van der Waals surface area contributed by atoms with Gasteiger partial charge in [0.1, 0.15) is 6.04 Å². The van der Waals surface area contributed by atoms with E-state index in [0.717, 1.165) is 31.6 Å². The molecule has 2 rings (SSSR count). The molecule has 0 radical (unpaired) electrons. The van der Waals surface area contributed by atoms with Crippen LogP contribution in [0.2, 0.25) is 0 Å². The van der Waals surface area contributed by atoms with E-state index in [4.69, 9.17) is 4.74 Å². The molecule has 1 aliphatic rings. The van der Waals surface area contributed by atoms with Crippen LogP contribution in [0.5, 0.6) is 0 Å². The standard InChI is InChI=1S/C19H31N3O2/c1-15-7-6-8-16(13-15)17(21(2)3)18(23)20-14-19(22(4)5)9-11-24-12-10-19/h6-8,13,17H,9-12,14H2,1-5H3,(H,20,23)/t17-/m0/s1. The molecule has 1 heterocycles. The van der Waals surface area contributed by atoms with Crippen LogP contribution in [0.25, 0.3) is 0 Å². The van der Waals surface area contributed by atoms with Crippen molar-refractivity contribution in [3.05, 3.63) is 35.4 Å². The molecule has 1 aliphatic heterocycles. The van der Waals surface area contributed by atoms with Crippen molar-refractivity contribution in [3.63, 3.8) is 0 Å². The number of ether oxygens (including phenoxy) is 1.